The maximum Gasteiger partial charge on any atom is 0.220 e. The lowest BCUT2D eigenvalue weighted by molar-refractivity contribution is -0.123. The zero-order chi connectivity index (χ0) is 16.9. The van der Waals surface area contributed by atoms with Crippen molar-refractivity contribution in [2.45, 2.75) is 45.1 Å². The molecule has 0 unspecified atom stereocenters. The maximum absolute atomic E-state index is 12.0. The van der Waals surface area contributed by atoms with Crippen LogP contribution in [-0.2, 0) is 22.4 Å². The van der Waals surface area contributed by atoms with E-state index in [9.17, 15) is 9.59 Å². The lowest BCUT2D eigenvalue weighted by atomic mass is 10.0. The summed E-state index contributed by atoms with van der Waals surface area (Å²) in [4.78, 5) is 29.6. The molecule has 0 aliphatic carbocycles. The summed E-state index contributed by atoms with van der Waals surface area (Å²) in [6.07, 6.45) is 6.37. The second-order valence-electron chi connectivity index (χ2n) is 6.88. The van der Waals surface area contributed by atoms with Crippen molar-refractivity contribution in [1.29, 1.82) is 0 Å². The van der Waals surface area contributed by atoms with Crippen LogP contribution in [0.5, 0.6) is 0 Å². The van der Waals surface area contributed by atoms with Crippen molar-refractivity contribution >= 4 is 17.4 Å². The first kappa shape index (κ1) is 16.9. The number of nitrogens with one attached hydrogen (secondary N) is 2. The van der Waals surface area contributed by atoms with Gasteiger partial charge in [0.25, 0.3) is 0 Å². The number of amides is 1. The van der Waals surface area contributed by atoms with Gasteiger partial charge in [0.2, 0.25) is 5.91 Å². The van der Waals surface area contributed by atoms with Gasteiger partial charge in [0, 0.05) is 32.3 Å². The molecule has 0 saturated carbocycles. The summed E-state index contributed by atoms with van der Waals surface area (Å²) in [7, 11) is 0. The number of carbonyl (C=O) groups excluding carboxylic acids is 2. The van der Waals surface area contributed by atoms with E-state index in [2.05, 4.69) is 26.6 Å². The third-order valence-corrected chi connectivity index (χ3v) is 4.57. The fourth-order valence-corrected chi connectivity index (χ4v) is 3.36. The molecule has 0 atom stereocenters. The van der Waals surface area contributed by atoms with Gasteiger partial charge in [-0.05, 0) is 44.2 Å². The van der Waals surface area contributed by atoms with Gasteiger partial charge in [-0.3, -0.25) is 19.5 Å². The van der Waals surface area contributed by atoms with Crippen LogP contribution in [0.25, 0.3) is 0 Å². The Morgan fingerprint density at radius 3 is 3.04 bits per heavy atom. The van der Waals surface area contributed by atoms with Crippen molar-refractivity contribution in [2.24, 2.45) is 0 Å². The lowest BCUT2D eigenvalue weighted by Crippen LogP contribution is -2.60. The molecule has 2 aliphatic rings. The van der Waals surface area contributed by atoms with E-state index in [1.807, 2.05) is 6.20 Å². The Balaban J connectivity index is 1.35. The Hall–Kier alpha value is -1.95. The highest BCUT2D eigenvalue weighted by atomic mass is 16.1. The number of carbonyl (C=O) groups is 2. The van der Waals surface area contributed by atoms with Crippen molar-refractivity contribution in [3.8, 4) is 0 Å². The number of hydrogen-bond donors (Lipinski definition) is 2. The molecule has 1 amide bonds. The van der Waals surface area contributed by atoms with Crippen LogP contribution in [0.15, 0.2) is 12.3 Å². The summed E-state index contributed by atoms with van der Waals surface area (Å²) in [5.41, 5.74) is 3.50. The van der Waals surface area contributed by atoms with E-state index >= 15 is 0 Å². The molecule has 6 nitrogen and oxygen atoms in total. The van der Waals surface area contributed by atoms with E-state index in [-0.39, 0.29) is 17.7 Å². The minimum atomic E-state index is 0.103. The number of Topliss-reactive ketones (excluding diaryl/α,β-unsaturated/α-hetero) is 1. The number of anilines is 1. The number of nitrogens with zero attached hydrogens (tertiary/aromatic N) is 2. The Kier molecular flexibility index (Phi) is 5.45. The maximum atomic E-state index is 12.0. The fourth-order valence-electron chi connectivity index (χ4n) is 3.36. The highest BCUT2D eigenvalue weighted by molar-refractivity contribution is 5.78. The van der Waals surface area contributed by atoms with Gasteiger partial charge >= 0.3 is 0 Å². The molecule has 0 radical (unpaired) electrons. The quantitative estimate of drug-likeness (QED) is 0.784. The van der Waals surface area contributed by atoms with E-state index in [4.69, 9.17) is 0 Å². The van der Waals surface area contributed by atoms with Crippen LogP contribution >= 0.6 is 0 Å². The smallest absolute Gasteiger partial charge is 0.220 e. The molecule has 0 spiro atoms. The second-order valence-corrected chi connectivity index (χ2v) is 6.88. The molecule has 1 saturated heterocycles. The molecule has 1 fully saturated rings. The SMILES string of the molecule is CC(=O)CN1CC(NC(=O)CCCc2cnc3c(c2)NCCC3)C1. The van der Waals surface area contributed by atoms with Crippen molar-refractivity contribution < 1.29 is 9.59 Å². The number of rotatable bonds is 7. The molecule has 0 bridgehead atoms. The van der Waals surface area contributed by atoms with Gasteiger partial charge in [0.05, 0.1) is 24.0 Å². The van der Waals surface area contributed by atoms with Crippen LogP contribution in [0.3, 0.4) is 0 Å². The molecule has 1 aromatic rings. The van der Waals surface area contributed by atoms with Gasteiger partial charge in [0.1, 0.15) is 5.78 Å². The number of likely N-dealkylation sites (tertiary alicyclic amines) is 1. The first-order valence-corrected chi connectivity index (χ1v) is 8.83. The average Bonchev–Trinajstić information content (AvgIpc) is 2.52. The minimum absolute atomic E-state index is 0.103. The van der Waals surface area contributed by atoms with Crippen LogP contribution in [0.4, 0.5) is 5.69 Å². The number of aryl methyl sites for hydroxylation is 2. The largest absolute Gasteiger partial charge is 0.384 e. The molecule has 0 aromatic carbocycles. The number of pyridine rings is 1. The molecule has 130 valence electrons. The van der Waals surface area contributed by atoms with Crippen LogP contribution in [-0.4, -0.2) is 53.8 Å². The Labute approximate surface area is 143 Å². The second kappa shape index (κ2) is 7.75. The van der Waals surface area contributed by atoms with Crippen molar-refractivity contribution in [3.05, 3.63) is 23.5 Å². The van der Waals surface area contributed by atoms with Crippen molar-refractivity contribution in [3.63, 3.8) is 0 Å². The number of ketones is 1. The Morgan fingerprint density at radius 1 is 1.42 bits per heavy atom. The lowest BCUT2D eigenvalue weighted by Gasteiger charge is -2.38. The van der Waals surface area contributed by atoms with Crippen LogP contribution in [0, 0.1) is 0 Å². The van der Waals surface area contributed by atoms with E-state index < -0.39 is 0 Å². The first-order chi connectivity index (χ1) is 11.6. The van der Waals surface area contributed by atoms with E-state index in [0.717, 1.165) is 56.7 Å². The molecule has 3 rings (SSSR count). The fraction of sp³-hybridized carbons (Fsp3) is 0.611. The zero-order valence-electron chi connectivity index (χ0n) is 14.3. The van der Waals surface area contributed by atoms with E-state index in [0.29, 0.717) is 13.0 Å². The number of hydrogen-bond acceptors (Lipinski definition) is 5. The Bertz CT molecular complexity index is 611. The highest BCUT2D eigenvalue weighted by Gasteiger charge is 2.28. The number of aromatic nitrogens is 1. The van der Waals surface area contributed by atoms with E-state index in [1.165, 1.54) is 5.56 Å². The Morgan fingerprint density at radius 2 is 2.25 bits per heavy atom. The van der Waals surface area contributed by atoms with Crippen molar-refractivity contribution in [1.82, 2.24) is 15.2 Å². The van der Waals surface area contributed by atoms with Crippen LogP contribution in [0.1, 0.15) is 37.4 Å². The third-order valence-electron chi connectivity index (χ3n) is 4.57. The average molecular weight is 330 g/mol. The topological polar surface area (TPSA) is 74.3 Å². The minimum Gasteiger partial charge on any atom is -0.384 e. The van der Waals surface area contributed by atoms with Gasteiger partial charge < -0.3 is 10.6 Å². The molecule has 2 aliphatic heterocycles. The molecular formula is C18H26N4O2. The third kappa shape index (κ3) is 4.54. The first-order valence-electron chi connectivity index (χ1n) is 8.83. The van der Waals surface area contributed by atoms with Gasteiger partial charge in [-0.15, -0.1) is 0 Å². The molecule has 2 N–H and O–H groups in total. The molecule has 1 aromatic heterocycles. The zero-order valence-corrected chi connectivity index (χ0v) is 14.3. The molecular weight excluding hydrogens is 304 g/mol. The predicted octanol–water partition coefficient (Wildman–Crippen LogP) is 1.15. The van der Waals surface area contributed by atoms with Gasteiger partial charge in [-0.2, -0.15) is 0 Å². The normalized spacial score (nSPS) is 17.5. The van der Waals surface area contributed by atoms with E-state index in [1.54, 1.807) is 6.92 Å². The summed E-state index contributed by atoms with van der Waals surface area (Å²) in [6, 6.07) is 2.37. The summed E-state index contributed by atoms with van der Waals surface area (Å²) >= 11 is 0. The van der Waals surface area contributed by atoms with Gasteiger partial charge in [-0.1, -0.05) is 0 Å². The molecule has 3 heterocycles. The summed E-state index contributed by atoms with van der Waals surface area (Å²) in [5.74, 6) is 0.277. The van der Waals surface area contributed by atoms with Gasteiger partial charge in [0.15, 0.2) is 0 Å². The summed E-state index contributed by atoms with van der Waals surface area (Å²) in [5, 5.41) is 6.43. The summed E-state index contributed by atoms with van der Waals surface area (Å²) < 4.78 is 0. The van der Waals surface area contributed by atoms with Crippen LogP contribution < -0.4 is 10.6 Å². The van der Waals surface area contributed by atoms with Crippen molar-refractivity contribution in [2.75, 3.05) is 31.5 Å². The highest BCUT2D eigenvalue weighted by Crippen LogP contribution is 2.21. The standard InChI is InChI=1S/C18H26N4O2/c1-13(23)10-22-11-15(12-22)21-18(24)6-2-4-14-8-17-16(20-9-14)5-3-7-19-17/h8-9,15,19H,2-7,10-12H2,1H3,(H,21,24). The monoisotopic (exact) mass is 330 g/mol. The van der Waals surface area contributed by atoms with Gasteiger partial charge in [-0.25, -0.2) is 0 Å². The van der Waals surface area contributed by atoms with Crippen LogP contribution in [0.2, 0.25) is 0 Å². The predicted molar refractivity (Wildman–Crippen MR) is 93.0 cm³/mol. The molecule has 6 heteroatoms. The number of fused-ring (bicyclic) bond motifs is 1. The molecule has 24 heavy (non-hydrogen) atoms. The summed E-state index contributed by atoms with van der Waals surface area (Å²) in [6.45, 7) is 4.67.